The summed E-state index contributed by atoms with van der Waals surface area (Å²) in [7, 11) is 0. The Kier molecular flexibility index (Phi) is 4.94. The van der Waals surface area contributed by atoms with Crippen molar-refractivity contribution < 1.29 is 4.74 Å². The van der Waals surface area contributed by atoms with E-state index in [4.69, 9.17) is 14.7 Å². The van der Waals surface area contributed by atoms with E-state index in [-0.39, 0.29) is 0 Å². The first-order valence-electron chi connectivity index (χ1n) is 14.6. The van der Waals surface area contributed by atoms with Gasteiger partial charge in [0.25, 0.3) is 0 Å². The third kappa shape index (κ3) is 3.16. The van der Waals surface area contributed by atoms with Crippen molar-refractivity contribution in [2.45, 2.75) is 18.3 Å². The number of aromatic nitrogens is 2. The van der Waals surface area contributed by atoms with Crippen LogP contribution in [-0.2, 0) is 5.41 Å². The fraction of sp³-hybridized carbons (Fsp3) is 0.0769. The average molecular weight is 539 g/mol. The van der Waals surface area contributed by atoms with Crippen LogP contribution in [0.1, 0.15) is 40.9 Å². The molecule has 42 heavy (non-hydrogen) atoms. The molecular formula is C39H26N2O. The number of para-hydroxylation sites is 2. The van der Waals surface area contributed by atoms with Gasteiger partial charge < -0.3 is 4.74 Å². The largest absolute Gasteiger partial charge is 0.457 e. The first-order chi connectivity index (χ1) is 20.8. The third-order valence-corrected chi connectivity index (χ3v) is 9.03. The number of hydrogen-bond donors (Lipinski definition) is 0. The summed E-state index contributed by atoms with van der Waals surface area (Å²) in [5.74, 6) is 2.55. The molecule has 5 aromatic carbocycles. The predicted octanol–water partition coefficient (Wildman–Crippen LogP) is 9.50. The van der Waals surface area contributed by atoms with Gasteiger partial charge in [-0.05, 0) is 58.9 Å². The van der Waals surface area contributed by atoms with E-state index in [0.717, 1.165) is 57.9 Å². The van der Waals surface area contributed by atoms with Gasteiger partial charge in [-0.1, -0.05) is 115 Å². The minimum Gasteiger partial charge on any atom is -0.457 e. The maximum absolute atomic E-state index is 6.75. The van der Waals surface area contributed by atoms with E-state index in [1.54, 1.807) is 0 Å². The Balaban J connectivity index is 1.32. The molecule has 0 saturated carbocycles. The zero-order chi connectivity index (χ0) is 27.7. The summed E-state index contributed by atoms with van der Waals surface area (Å²) in [4.78, 5) is 10.1. The van der Waals surface area contributed by atoms with Gasteiger partial charge in [0.2, 0.25) is 0 Å². The summed E-state index contributed by atoms with van der Waals surface area (Å²) in [5.41, 5.74) is 11.1. The van der Waals surface area contributed by atoms with Gasteiger partial charge in [0.15, 0.2) is 5.82 Å². The molecule has 0 fully saturated rings. The summed E-state index contributed by atoms with van der Waals surface area (Å²) in [5, 5.41) is 1.04. The molecule has 2 heterocycles. The number of rotatable bonds is 2. The zero-order valence-electron chi connectivity index (χ0n) is 22.9. The molecule has 198 valence electrons. The Hall–Kier alpha value is -5.28. The van der Waals surface area contributed by atoms with Gasteiger partial charge in [0.1, 0.15) is 11.5 Å². The van der Waals surface area contributed by atoms with Gasteiger partial charge in [-0.15, -0.1) is 0 Å². The van der Waals surface area contributed by atoms with E-state index < -0.39 is 5.41 Å². The summed E-state index contributed by atoms with van der Waals surface area (Å²) >= 11 is 0. The molecule has 0 unspecified atom stereocenters. The highest BCUT2D eigenvalue weighted by atomic mass is 16.5. The van der Waals surface area contributed by atoms with Crippen LogP contribution in [0.2, 0.25) is 0 Å². The quantitative estimate of drug-likeness (QED) is 0.220. The van der Waals surface area contributed by atoms with Crippen molar-refractivity contribution in [1.29, 1.82) is 0 Å². The molecule has 3 aliphatic rings. The van der Waals surface area contributed by atoms with Crippen LogP contribution in [-0.4, -0.2) is 9.97 Å². The van der Waals surface area contributed by atoms with Crippen LogP contribution < -0.4 is 4.74 Å². The lowest BCUT2D eigenvalue weighted by Crippen LogP contribution is -2.32. The minimum absolute atomic E-state index is 0.464. The van der Waals surface area contributed by atoms with E-state index >= 15 is 0 Å². The minimum atomic E-state index is -0.464. The Bertz CT molecular complexity index is 2090. The van der Waals surface area contributed by atoms with Gasteiger partial charge >= 0.3 is 0 Å². The lowest BCUT2D eigenvalue weighted by Gasteiger charge is -2.39. The van der Waals surface area contributed by atoms with Crippen LogP contribution in [0.3, 0.4) is 0 Å². The van der Waals surface area contributed by atoms with E-state index in [1.165, 1.54) is 33.4 Å². The fourth-order valence-corrected chi connectivity index (χ4v) is 7.24. The molecule has 0 bridgehead atoms. The summed E-state index contributed by atoms with van der Waals surface area (Å²) in [6, 6.07) is 41.1. The van der Waals surface area contributed by atoms with Crippen LogP contribution in [0.25, 0.3) is 38.9 Å². The smallest absolute Gasteiger partial charge is 0.156 e. The van der Waals surface area contributed by atoms with Crippen LogP contribution in [0.4, 0.5) is 0 Å². The maximum atomic E-state index is 6.75. The van der Waals surface area contributed by atoms with E-state index in [1.807, 2.05) is 6.07 Å². The predicted molar refractivity (Wildman–Crippen MR) is 169 cm³/mol. The van der Waals surface area contributed by atoms with Crippen molar-refractivity contribution >= 4 is 16.5 Å². The van der Waals surface area contributed by atoms with Gasteiger partial charge in [0.05, 0.1) is 16.6 Å². The standard InChI is InChI=1S/C39H26N2O/c1-2-12-25(13-3-1)38-40-34-20-10-6-16-29(34)37(41-38)26-22-23-33-36(24-26)42-35-21-11-9-19-32(35)39(33)30-17-7-4-14-27(30)28-15-5-8-18-31(28)39/h1-2,4-12,14-24H,3,13H2. The average Bonchev–Trinajstić information content (AvgIpc) is 3.35. The van der Waals surface area contributed by atoms with Crippen molar-refractivity contribution in [2.75, 3.05) is 0 Å². The van der Waals surface area contributed by atoms with Crippen molar-refractivity contribution in [3.05, 3.63) is 162 Å². The second-order valence-corrected chi connectivity index (χ2v) is 11.2. The highest BCUT2D eigenvalue weighted by Crippen LogP contribution is 2.62. The fourth-order valence-electron chi connectivity index (χ4n) is 7.24. The molecule has 1 aromatic heterocycles. The lowest BCUT2D eigenvalue weighted by molar-refractivity contribution is 0.436. The first-order valence-corrected chi connectivity index (χ1v) is 14.6. The number of ether oxygens (including phenoxy) is 1. The lowest BCUT2D eigenvalue weighted by atomic mass is 9.66. The molecule has 2 aliphatic carbocycles. The molecule has 0 N–H and O–H groups in total. The van der Waals surface area contributed by atoms with Crippen LogP contribution in [0.5, 0.6) is 11.5 Å². The van der Waals surface area contributed by atoms with Gasteiger partial charge in [0, 0.05) is 22.1 Å². The highest BCUT2D eigenvalue weighted by Gasteiger charge is 2.50. The van der Waals surface area contributed by atoms with Crippen molar-refractivity contribution in [3.8, 4) is 33.9 Å². The summed E-state index contributed by atoms with van der Waals surface area (Å²) < 4.78 is 6.75. The third-order valence-electron chi connectivity index (χ3n) is 9.03. The monoisotopic (exact) mass is 538 g/mol. The molecule has 0 radical (unpaired) electrons. The van der Waals surface area contributed by atoms with Crippen molar-refractivity contribution in [2.24, 2.45) is 0 Å². The normalized spacial score (nSPS) is 15.4. The Morgan fingerprint density at radius 3 is 2.10 bits per heavy atom. The summed E-state index contributed by atoms with van der Waals surface area (Å²) in [6.07, 6.45) is 8.40. The SMILES string of the molecule is C1=CCCC(c2nc(-c3ccc4c(c3)Oc3ccccc3C43c4ccccc4-c4ccccc43)c3ccccc3n2)=C1. The van der Waals surface area contributed by atoms with Crippen molar-refractivity contribution in [1.82, 2.24) is 9.97 Å². The van der Waals surface area contributed by atoms with Gasteiger partial charge in [-0.25, -0.2) is 9.97 Å². The maximum Gasteiger partial charge on any atom is 0.156 e. The highest BCUT2D eigenvalue weighted by molar-refractivity contribution is 5.94. The molecule has 3 nitrogen and oxygen atoms in total. The number of benzene rings is 5. The molecule has 3 heteroatoms. The number of fused-ring (bicyclic) bond motifs is 10. The molecule has 1 aliphatic heterocycles. The molecule has 6 aromatic rings. The molecular weight excluding hydrogens is 512 g/mol. The molecule has 9 rings (SSSR count). The number of nitrogens with zero attached hydrogens (tertiary/aromatic N) is 2. The Labute approximate surface area is 244 Å². The number of hydrogen-bond acceptors (Lipinski definition) is 3. The second-order valence-electron chi connectivity index (χ2n) is 11.2. The molecule has 0 atom stereocenters. The Morgan fingerprint density at radius 1 is 0.619 bits per heavy atom. The topological polar surface area (TPSA) is 35.0 Å². The number of allylic oxidation sites excluding steroid dienone is 4. The Morgan fingerprint density at radius 2 is 1.31 bits per heavy atom. The molecule has 1 spiro atoms. The van der Waals surface area contributed by atoms with Crippen LogP contribution in [0.15, 0.2) is 133 Å². The van der Waals surface area contributed by atoms with E-state index in [0.29, 0.717) is 0 Å². The summed E-state index contributed by atoms with van der Waals surface area (Å²) in [6.45, 7) is 0. The van der Waals surface area contributed by atoms with E-state index in [2.05, 4.69) is 127 Å². The van der Waals surface area contributed by atoms with Crippen LogP contribution in [0, 0.1) is 0 Å². The molecule has 0 saturated heterocycles. The van der Waals surface area contributed by atoms with Gasteiger partial charge in [-0.3, -0.25) is 0 Å². The van der Waals surface area contributed by atoms with Crippen molar-refractivity contribution in [3.63, 3.8) is 0 Å². The molecule has 0 amide bonds. The van der Waals surface area contributed by atoms with E-state index in [9.17, 15) is 0 Å². The first kappa shape index (κ1) is 23.4. The van der Waals surface area contributed by atoms with Crippen LogP contribution >= 0.6 is 0 Å². The van der Waals surface area contributed by atoms with Gasteiger partial charge in [-0.2, -0.15) is 0 Å². The zero-order valence-corrected chi connectivity index (χ0v) is 22.9. The second kappa shape index (κ2) is 8.86.